The van der Waals surface area contributed by atoms with Crippen LogP contribution in [0.1, 0.15) is 6.92 Å². The number of aromatic amines is 1. The van der Waals surface area contributed by atoms with Gasteiger partial charge in [0.15, 0.2) is 0 Å². The van der Waals surface area contributed by atoms with E-state index >= 15 is 0 Å². The molecule has 1 aromatic heterocycles. The van der Waals surface area contributed by atoms with E-state index in [1.54, 1.807) is 0 Å². The Morgan fingerprint density at radius 2 is 2.12 bits per heavy atom. The van der Waals surface area contributed by atoms with Crippen LogP contribution in [0.4, 0.5) is 0 Å². The van der Waals surface area contributed by atoms with Gasteiger partial charge in [-0.15, -0.1) is 0 Å². The molecule has 0 aliphatic rings. The van der Waals surface area contributed by atoms with Crippen LogP contribution in [-0.4, -0.2) is 45.0 Å². The minimum absolute atomic E-state index is 0.0487. The molecule has 2 N–H and O–H groups in total. The molecule has 0 saturated carbocycles. The van der Waals surface area contributed by atoms with Crippen molar-refractivity contribution in [2.24, 2.45) is 0 Å². The average molecular weight is 259 g/mol. The third kappa shape index (κ3) is 3.65. The van der Waals surface area contributed by atoms with Crippen molar-refractivity contribution in [3.05, 3.63) is 28.7 Å². The molecule has 96 valence electrons. The number of pyridine rings is 1. The number of likely N-dealkylation sites (N-methyl/N-ethyl adjacent to an activating group) is 1. The number of hydrogen-bond acceptors (Lipinski definition) is 4. The maximum Gasteiger partial charge on any atom is 0.245 e. The quantitative estimate of drug-likeness (QED) is 0.754. The van der Waals surface area contributed by atoms with Gasteiger partial charge in [0.2, 0.25) is 15.5 Å². The monoisotopic (exact) mass is 259 g/mol. The smallest absolute Gasteiger partial charge is 0.245 e. The third-order valence-corrected chi connectivity index (χ3v) is 3.97. The molecule has 0 saturated heterocycles. The van der Waals surface area contributed by atoms with Crippen LogP contribution in [0, 0.1) is 0 Å². The van der Waals surface area contributed by atoms with Crippen LogP contribution in [0.25, 0.3) is 0 Å². The normalized spacial score (nSPS) is 13.9. The van der Waals surface area contributed by atoms with E-state index in [0.717, 1.165) is 0 Å². The van der Waals surface area contributed by atoms with E-state index in [1.807, 2.05) is 25.9 Å². The summed E-state index contributed by atoms with van der Waals surface area (Å²) in [6.45, 7) is 2.14. The fourth-order valence-corrected chi connectivity index (χ4v) is 2.27. The van der Waals surface area contributed by atoms with Gasteiger partial charge in [-0.3, -0.25) is 4.79 Å². The van der Waals surface area contributed by atoms with Gasteiger partial charge in [-0.05, 0) is 21.0 Å². The van der Waals surface area contributed by atoms with E-state index < -0.39 is 15.5 Å². The van der Waals surface area contributed by atoms with Crippen LogP contribution < -0.4 is 10.2 Å². The Morgan fingerprint density at radius 1 is 1.47 bits per heavy atom. The lowest BCUT2D eigenvalue weighted by Crippen LogP contribution is -2.39. The number of nitrogens with one attached hydrogen (secondary N) is 2. The standard InChI is InChI=1S/C10H17N3O3S/c1-8(13(2)3)6-12-17(15,16)10-7-11-5-4-9(10)14/h4-5,7-8,12H,6H2,1-3H3,(H,11,14). The van der Waals surface area contributed by atoms with Gasteiger partial charge in [-0.2, -0.15) is 0 Å². The highest BCUT2D eigenvalue weighted by Crippen LogP contribution is 2.00. The molecule has 0 fully saturated rings. The van der Waals surface area contributed by atoms with E-state index in [-0.39, 0.29) is 17.5 Å². The van der Waals surface area contributed by atoms with E-state index in [1.165, 1.54) is 18.5 Å². The van der Waals surface area contributed by atoms with Crippen LogP contribution in [0.2, 0.25) is 0 Å². The second-order valence-corrected chi connectivity index (χ2v) is 5.77. The first-order valence-electron chi connectivity index (χ1n) is 5.18. The predicted octanol–water partition coefficient (Wildman–Crippen LogP) is -0.397. The summed E-state index contributed by atoms with van der Waals surface area (Å²) in [6, 6.07) is 1.23. The minimum Gasteiger partial charge on any atom is -0.366 e. The summed E-state index contributed by atoms with van der Waals surface area (Å²) in [5, 5.41) is 0. The predicted molar refractivity (Wildman–Crippen MR) is 65.4 cm³/mol. The lowest BCUT2D eigenvalue weighted by molar-refractivity contribution is 0.314. The Bertz CT molecular complexity index is 522. The molecule has 1 unspecified atom stereocenters. The molecule has 0 aliphatic carbocycles. The topological polar surface area (TPSA) is 82.3 Å². The summed E-state index contributed by atoms with van der Waals surface area (Å²) in [5.41, 5.74) is -0.520. The van der Waals surface area contributed by atoms with Gasteiger partial charge in [-0.25, -0.2) is 13.1 Å². The maximum atomic E-state index is 11.8. The summed E-state index contributed by atoms with van der Waals surface area (Å²) in [4.78, 5) is 15.6. The Morgan fingerprint density at radius 3 is 2.65 bits per heavy atom. The number of H-pyrrole nitrogens is 1. The first-order chi connectivity index (χ1) is 7.84. The van der Waals surface area contributed by atoms with Crippen molar-refractivity contribution < 1.29 is 8.42 Å². The van der Waals surface area contributed by atoms with Crippen LogP contribution in [0.3, 0.4) is 0 Å². The van der Waals surface area contributed by atoms with Crippen LogP contribution in [0.5, 0.6) is 0 Å². The molecule has 0 spiro atoms. The minimum atomic E-state index is -3.74. The SMILES string of the molecule is CC(CNS(=O)(=O)c1c[nH]ccc1=O)N(C)C. The highest BCUT2D eigenvalue weighted by atomic mass is 32.2. The molecule has 1 atom stereocenters. The highest BCUT2D eigenvalue weighted by molar-refractivity contribution is 7.89. The van der Waals surface area contributed by atoms with Crippen molar-refractivity contribution in [3.8, 4) is 0 Å². The summed E-state index contributed by atoms with van der Waals surface area (Å²) >= 11 is 0. The lowest BCUT2D eigenvalue weighted by Gasteiger charge is -2.19. The van der Waals surface area contributed by atoms with E-state index in [2.05, 4.69) is 9.71 Å². The van der Waals surface area contributed by atoms with Crippen molar-refractivity contribution in [2.45, 2.75) is 17.9 Å². The Labute approximate surface area is 101 Å². The Kier molecular flexibility index (Phi) is 4.44. The zero-order valence-electron chi connectivity index (χ0n) is 10.1. The van der Waals surface area contributed by atoms with Gasteiger partial charge in [0, 0.05) is 31.0 Å². The molecule has 6 nitrogen and oxygen atoms in total. The molecular formula is C10H17N3O3S. The zero-order chi connectivity index (χ0) is 13.1. The van der Waals surface area contributed by atoms with Gasteiger partial charge in [0.25, 0.3) is 0 Å². The van der Waals surface area contributed by atoms with Crippen molar-refractivity contribution in [1.82, 2.24) is 14.6 Å². The van der Waals surface area contributed by atoms with Crippen molar-refractivity contribution in [2.75, 3.05) is 20.6 Å². The maximum absolute atomic E-state index is 11.8. The summed E-state index contributed by atoms with van der Waals surface area (Å²) < 4.78 is 26.1. The van der Waals surface area contributed by atoms with E-state index in [9.17, 15) is 13.2 Å². The molecule has 0 bridgehead atoms. The fourth-order valence-electron chi connectivity index (χ4n) is 1.10. The van der Waals surface area contributed by atoms with Crippen LogP contribution in [0.15, 0.2) is 28.2 Å². The Balaban J connectivity index is 2.84. The molecule has 0 aliphatic heterocycles. The fraction of sp³-hybridized carbons (Fsp3) is 0.500. The van der Waals surface area contributed by atoms with Gasteiger partial charge >= 0.3 is 0 Å². The first-order valence-corrected chi connectivity index (χ1v) is 6.66. The van der Waals surface area contributed by atoms with Gasteiger partial charge in [-0.1, -0.05) is 0 Å². The summed E-state index contributed by atoms with van der Waals surface area (Å²) in [5.74, 6) is 0. The second kappa shape index (κ2) is 5.44. The van der Waals surface area contributed by atoms with Gasteiger partial charge < -0.3 is 9.88 Å². The number of aromatic nitrogens is 1. The molecule has 17 heavy (non-hydrogen) atoms. The van der Waals surface area contributed by atoms with Crippen molar-refractivity contribution in [3.63, 3.8) is 0 Å². The molecule has 0 aromatic carbocycles. The molecular weight excluding hydrogens is 242 g/mol. The van der Waals surface area contributed by atoms with E-state index in [0.29, 0.717) is 0 Å². The Hall–Kier alpha value is -1.18. The average Bonchev–Trinajstić information content (AvgIpc) is 2.26. The lowest BCUT2D eigenvalue weighted by atomic mass is 10.3. The molecule has 1 aromatic rings. The van der Waals surface area contributed by atoms with E-state index in [4.69, 9.17) is 0 Å². The number of hydrogen-bond donors (Lipinski definition) is 2. The number of sulfonamides is 1. The van der Waals surface area contributed by atoms with Crippen molar-refractivity contribution in [1.29, 1.82) is 0 Å². The van der Waals surface area contributed by atoms with Crippen LogP contribution in [-0.2, 0) is 10.0 Å². The second-order valence-electron chi connectivity index (χ2n) is 4.04. The third-order valence-electron chi connectivity index (χ3n) is 2.53. The number of nitrogens with zero attached hydrogens (tertiary/aromatic N) is 1. The molecule has 0 amide bonds. The zero-order valence-corrected chi connectivity index (χ0v) is 10.9. The van der Waals surface area contributed by atoms with Crippen molar-refractivity contribution >= 4 is 10.0 Å². The van der Waals surface area contributed by atoms with Gasteiger partial charge in [0.05, 0.1) is 0 Å². The summed E-state index contributed by atoms with van der Waals surface area (Å²) in [7, 11) is -0.0291. The molecule has 7 heteroatoms. The molecule has 1 heterocycles. The summed E-state index contributed by atoms with van der Waals surface area (Å²) in [6.07, 6.45) is 2.58. The molecule has 0 radical (unpaired) electrons. The van der Waals surface area contributed by atoms with Gasteiger partial charge in [0.1, 0.15) is 4.90 Å². The number of rotatable bonds is 5. The first kappa shape index (κ1) is 13.9. The highest BCUT2D eigenvalue weighted by Gasteiger charge is 2.18. The van der Waals surface area contributed by atoms with Crippen LogP contribution >= 0.6 is 0 Å². The molecule has 1 rings (SSSR count). The largest absolute Gasteiger partial charge is 0.366 e.